The van der Waals surface area contributed by atoms with E-state index in [1.54, 1.807) is 24.3 Å². The molecule has 2 aromatic rings. The number of likely N-dealkylation sites (tertiary alicyclic amines) is 1. The summed E-state index contributed by atoms with van der Waals surface area (Å²) in [4.78, 5) is 16.8. The molecule has 1 aliphatic heterocycles. The lowest BCUT2D eigenvalue weighted by Gasteiger charge is -2.22. The summed E-state index contributed by atoms with van der Waals surface area (Å²) in [5.41, 5.74) is 0.995. The molecule has 0 aliphatic carbocycles. The number of sulfonamides is 1. The van der Waals surface area contributed by atoms with Crippen LogP contribution >= 0.6 is 23.5 Å². The third-order valence-electron chi connectivity index (χ3n) is 4.96. The zero-order valence-electron chi connectivity index (χ0n) is 16.7. The van der Waals surface area contributed by atoms with Crippen molar-refractivity contribution in [2.45, 2.75) is 40.4 Å². The number of nitrogens with zero attached hydrogens (tertiary/aromatic N) is 1. The highest BCUT2D eigenvalue weighted by atomic mass is 32.2. The first kappa shape index (κ1) is 22.1. The van der Waals surface area contributed by atoms with Crippen LogP contribution in [0.5, 0.6) is 0 Å². The van der Waals surface area contributed by atoms with Gasteiger partial charge in [-0.25, -0.2) is 8.42 Å². The van der Waals surface area contributed by atoms with Crippen LogP contribution in [0.4, 0.5) is 5.69 Å². The van der Waals surface area contributed by atoms with Crippen LogP contribution in [-0.4, -0.2) is 44.8 Å². The van der Waals surface area contributed by atoms with Gasteiger partial charge < -0.3 is 4.90 Å². The lowest BCUT2D eigenvalue weighted by Crippen LogP contribution is -2.32. The average molecular weight is 451 g/mol. The molecule has 156 valence electrons. The maximum Gasteiger partial charge on any atom is 0.261 e. The Morgan fingerprint density at radius 1 is 0.931 bits per heavy atom. The van der Waals surface area contributed by atoms with Gasteiger partial charge in [0.05, 0.1) is 16.1 Å². The highest BCUT2D eigenvalue weighted by Gasteiger charge is 2.23. The van der Waals surface area contributed by atoms with E-state index in [9.17, 15) is 13.2 Å². The zero-order chi connectivity index (χ0) is 20.9. The molecule has 8 heteroatoms. The number of para-hydroxylation sites is 1. The fraction of sp³-hybridized carbons (Fsp3) is 0.381. The number of anilines is 1. The third kappa shape index (κ3) is 5.29. The van der Waals surface area contributed by atoms with E-state index in [1.807, 2.05) is 29.5 Å². The predicted molar refractivity (Wildman–Crippen MR) is 122 cm³/mol. The Hall–Kier alpha value is -1.64. The van der Waals surface area contributed by atoms with Crippen molar-refractivity contribution in [2.75, 3.05) is 30.3 Å². The maximum absolute atomic E-state index is 13.2. The quantitative estimate of drug-likeness (QED) is 0.631. The van der Waals surface area contributed by atoms with E-state index in [1.165, 1.54) is 29.6 Å². The molecule has 1 aliphatic rings. The Balaban J connectivity index is 1.93. The van der Waals surface area contributed by atoms with Gasteiger partial charge in [0, 0.05) is 22.9 Å². The van der Waals surface area contributed by atoms with Gasteiger partial charge >= 0.3 is 0 Å². The molecule has 5 nitrogen and oxygen atoms in total. The number of thioether (sulfide) groups is 2. The minimum absolute atomic E-state index is 0.0854. The van der Waals surface area contributed by atoms with Crippen molar-refractivity contribution < 1.29 is 13.2 Å². The second-order valence-corrected chi connectivity index (χ2v) is 10.3. The summed E-state index contributed by atoms with van der Waals surface area (Å²) in [6, 6.07) is 12.1. The summed E-state index contributed by atoms with van der Waals surface area (Å²) < 4.78 is 28.7. The van der Waals surface area contributed by atoms with E-state index in [-0.39, 0.29) is 10.8 Å². The fourth-order valence-electron chi connectivity index (χ4n) is 3.40. The number of hydrogen-bond donors (Lipinski definition) is 1. The number of hydrogen-bond acceptors (Lipinski definition) is 5. The number of benzene rings is 2. The van der Waals surface area contributed by atoms with Crippen molar-refractivity contribution >= 4 is 45.1 Å². The number of carbonyl (C=O) groups is 1. The first-order valence-corrected chi connectivity index (χ1v) is 13.5. The molecule has 0 aromatic heterocycles. The van der Waals surface area contributed by atoms with Gasteiger partial charge in [-0.3, -0.25) is 9.52 Å². The maximum atomic E-state index is 13.2. The summed E-state index contributed by atoms with van der Waals surface area (Å²) in [5, 5.41) is 0. The lowest BCUT2D eigenvalue weighted by atomic mass is 10.2. The van der Waals surface area contributed by atoms with Gasteiger partial charge in [-0.15, -0.1) is 23.5 Å². The normalized spacial score (nSPS) is 15.0. The summed E-state index contributed by atoms with van der Waals surface area (Å²) in [6.45, 7) is 1.45. The van der Waals surface area contributed by atoms with E-state index < -0.39 is 10.0 Å². The summed E-state index contributed by atoms with van der Waals surface area (Å²) >= 11 is 2.93. The topological polar surface area (TPSA) is 66.5 Å². The smallest absolute Gasteiger partial charge is 0.261 e. The van der Waals surface area contributed by atoms with Crippen LogP contribution in [0.25, 0.3) is 0 Å². The highest BCUT2D eigenvalue weighted by Crippen LogP contribution is 2.29. The molecule has 1 heterocycles. The molecule has 0 spiro atoms. The molecule has 0 radical (unpaired) electrons. The molecule has 0 unspecified atom stereocenters. The van der Waals surface area contributed by atoms with Gasteiger partial charge in [0.15, 0.2) is 0 Å². The first-order valence-electron chi connectivity index (χ1n) is 9.59. The van der Waals surface area contributed by atoms with Crippen LogP contribution in [0.1, 0.15) is 36.0 Å². The van der Waals surface area contributed by atoms with Crippen molar-refractivity contribution in [3.8, 4) is 0 Å². The largest absolute Gasteiger partial charge is 0.339 e. The van der Waals surface area contributed by atoms with Crippen LogP contribution in [0, 0.1) is 0 Å². The summed E-state index contributed by atoms with van der Waals surface area (Å²) in [7, 11) is -3.81. The molecule has 2 aromatic carbocycles. The van der Waals surface area contributed by atoms with Crippen molar-refractivity contribution in [3.05, 3.63) is 48.0 Å². The minimum Gasteiger partial charge on any atom is -0.339 e. The molecule has 0 saturated carbocycles. The van der Waals surface area contributed by atoms with E-state index in [0.717, 1.165) is 48.6 Å². The fourth-order valence-corrected chi connectivity index (χ4v) is 5.69. The van der Waals surface area contributed by atoms with Crippen LogP contribution < -0.4 is 4.72 Å². The zero-order valence-corrected chi connectivity index (χ0v) is 19.1. The Kier molecular flexibility index (Phi) is 7.54. The minimum atomic E-state index is -3.81. The predicted octanol–water partition coefficient (Wildman–Crippen LogP) is 4.95. The Morgan fingerprint density at radius 3 is 2.24 bits per heavy atom. The molecule has 1 saturated heterocycles. The van der Waals surface area contributed by atoms with E-state index in [4.69, 9.17) is 0 Å². The second kappa shape index (κ2) is 9.91. The van der Waals surface area contributed by atoms with Crippen molar-refractivity contribution in [2.24, 2.45) is 0 Å². The Morgan fingerprint density at radius 2 is 1.59 bits per heavy atom. The molecule has 29 heavy (non-hydrogen) atoms. The van der Waals surface area contributed by atoms with Crippen LogP contribution in [0.2, 0.25) is 0 Å². The van der Waals surface area contributed by atoms with Gasteiger partial charge in [0.1, 0.15) is 0 Å². The standard InChI is InChI=1S/C21H26N2O3S3/c1-27-19-12-11-16(15-17(19)21(24)23-13-7-3-4-8-14-23)29(25,26)22-18-9-5-6-10-20(18)28-2/h5-6,9-12,15,22H,3-4,7-8,13-14H2,1-2H3. The van der Waals surface area contributed by atoms with Gasteiger partial charge in [-0.1, -0.05) is 25.0 Å². The van der Waals surface area contributed by atoms with Gasteiger partial charge in [0.2, 0.25) is 0 Å². The van der Waals surface area contributed by atoms with Crippen LogP contribution in [0.3, 0.4) is 0 Å². The van der Waals surface area contributed by atoms with E-state index >= 15 is 0 Å². The number of nitrogens with one attached hydrogen (secondary N) is 1. The summed E-state index contributed by atoms with van der Waals surface area (Å²) in [6.07, 6.45) is 8.05. The van der Waals surface area contributed by atoms with Gasteiger partial charge in [-0.2, -0.15) is 0 Å². The number of amides is 1. The molecular weight excluding hydrogens is 424 g/mol. The van der Waals surface area contributed by atoms with Gasteiger partial charge in [-0.05, 0) is 55.7 Å². The Bertz CT molecular complexity index is 969. The van der Waals surface area contributed by atoms with Crippen LogP contribution in [-0.2, 0) is 10.0 Å². The molecular formula is C21H26N2O3S3. The first-order chi connectivity index (χ1) is 14.0. The van der Waals surface area contributed by atoms with Crippen LogP contribution in [0.15, 0.2) is 57.2 Å². The number of rotatable bonds is 6. The molecule has 1 amide bonds. The average Bonchev–Trinajstić information content (AvgIpc) is 3.02. The molecule has 0 bridgehead atoms. The second-order valence-electron chi connectivity index (χ2n) is 6.87. The lowest BCUT2D eigenvalue weighted by molar-refractivity contribution is 0.0758. The van der Waals surface area contributed by atoms with Crippen molar-refractivity contribution in [1.29, 1.82) is 0 Å². The molecule has 1 fully saturated rings. The monoisotopic (exact) mass is 450 g/mol. The summed E-state index contributed by atoms with van der Waals surface area (Å²) in [5.74, 6) is -0.0854. The van der Waals surface area contributed by atoms with E-state index in [0.29, 0.717) is 11.3 Å². The molecule has 0 atom stereocenters. The molecule has 1 N–H and O–H groups in total. The highest BCUT2D eigenvalue weighted by molar-refractivity contribution is 7.99. The van der Waals surface area contributed by atoms with Crippen molar-refractivity contribution in [3.63, 3.8) is 0 Å². The Labute approximate surface area is 181 Å². The van der Waals surface area contributed by atoms with Gasteiger partial charge in [0.25, 0.3) is 15.9 Å². The van der Waals surface area contributed by atoms with Crippen molar-refractivity contribution in [1.82, 2.24) is 4.90 Å². The number of carbonyl (C=O) groups excluding carboxylic acids is 1. The van der Waals surface area contributed by atoms with E-state index in [2.05, 4.69) is 4.72 Å². The third-order valence-corrected chi connectivity index (χ3v) is 7.91. The SMILES string of the molecule is CSc1ccccc1NS(=O)(=O)c1ccc(SC)c(C(=O)N2CCCCCC2)c1. The molecule has 3 rings (SSSR count).